The zero-order chi connectivity index (χ0) is 14.0. The van der Waals surface area contributed by atoms with Gasteiger partial charge in [-0.2, -0.15) is 4.31 Å². The fourth-order valence-electron chi connectivity index (χ4n) is 2.43. The van der Waals surface area contributed by atoms with Gasteiger partial charge in [-0.05, 0) is 49.9 Å². The summed E-state index contributed by atoms with van der Waals surface area (Å²) in [5.74, 6) is -0.339. The van der Waals surface area contributed by atoms with Crippen LogP contribution in [0, 0.1) is 18.7 Å². The third kappa shape index (κ3) is 2.96. The normalized spacial score (nSPS) is 21.5. The van der Waals surface area contributed by atoms with Crippen molar-refractivity contribution in [1.82, 2.24) is 4.31 Å². The van der Waals surface area contributed by atoms with Gasteiger partial charge in [0.25, 0.3) is 0 Å². The topological polar surface area (TPSA) is 63.4 Å². The van der Waals surface area contributed by atoms with E-state index in [1.807, 2.05) is 0 Å². The van der Waals surface area contributed by atoms with Gasteiger partial charge in [0.15, 0.2) is 0 Å². The maximum Gasteiger partial charge on any atom is 0.243 e. The minimum Gasteiger partial charge on any atom is -0.330 e. The Hall–Kier alpha value is -0.980. The molecule has 106 valence electrons. The van der Waals surface area contributed by atoms with E-state index in [0.717, 1.165) is 18.9 Å². The molecule has 4 nitrogen and oxygen atoms in total. The minimum atomic E-state index is -3.62. The molecule has 1 heterocycles. The molecule has 0 spiro atoms. The predicted octanol–water partition coefficient (Wildman–Crippen LogP) is 1.49. The number of nitrogens with two attached hydrogens (primary N) is 1. The van der Waals surface area contributed by atoms with Crippen molar-refractivity contribution in [3.8, 4) is 0 Å². The first-order chi connectivity index (χ1) is 8.95. The Bertz CT molecular complexity index is 560. The second-order valence-electron chi connectivity index (χ2n) is 5.02. The number of rotatable bonds is 3. The molecular formula is C13H19FN2O2S. The second kappa shape index (κ2) is 5.56. The van der Waals surface area contributed by atoms with Crippen molar-refractivity contribution < 1.29 is 12.8 Å². The summed E-state index contributed by atoms with van der Waals surface area (Å²) >= 11 is 0. The van der Waals surface area contributed by atoms with Crippen molar-refractivity contribution in [2.45, 2.75) is 24.7 Å². The summed E-state index contributed by atoms with van der Waals surface area (Å²) in [5.41, 5.74) is 6.19. The molecule has 0 aliphatic carbocycles. The monoisotopic (exact) mass is 286 g/mol. The van der Waals surface area contributed by atoms with Crippen molar-refractivity contribution in [3.05, 3.63) is 29.6 Å². The van der Waals surface area contributed by atoms with Crippen molar-refractivity contribution in [2.75, 3.05) is 19.6 Å². The predicted molar refractivity (Wildman–Crippen MR) is 71.7 cm³/mol. The Labute approximate surface area is 113 Å². The summed E-state index contributed by atoms with van der Waals surface area (Å²) in [5, 5.41) is 0. The van der Waals surface area contributed by atoms with E-state index in [0.29, 0.717) is 25.2 Å². The van der Waals surface area contributed by atoms with Gasteiger partial charge < -0.3 is 5.73 Å². The van der Waals surface area contributed by atoms with Gasteiger partial charge in [-0.1, -0.05) is 6.07 Å². The van der Waals surface area contributed by atoms with E-state index in [4.69, 9.17) is 5.73 Å². The third-order valence-electron chi connectivity index (χ3n) is 3.58. The van der Waals surface area contributed by atoms with Gasteiger partial charge in [-0.3, -0.25) is 0 Å². The molecule has 1 fully saturated rings. The van der Waals surface area contributed by atoms with Crippen LogP contribution in [0.15, 0.2) is 23.1 Å². The highest BCUT2D eigenvalue weighted by molar-refractivity contribution is 7.89. The fraction of sp³-hybridized carbons (Fsp3) is 0.538. The number of hydrogen-bond donors (Lipinski definition) is 1. The van der Waals surface area contributed by atoms with Crippen LogP contribution in [0.25, 0.3) is 0 Å². The molecule has 19 heavy (non-hydrogen) atoms. The molecule has 1 atom stereocenters. The Morgan fingerprint density at radius 2 is 2.21 bits per heavy atom. The Balaban J connectivity index is 2.34. The van der Waals surface area contributed by atoms with E-state index < -0.39 is 15.8 Å². The van der Waals surface area contributed by atoms with Crippen molar-refractivity contribution >= 4 is 10.0 Å². The van der Waals surface area contributed by atoms with Crippen LogP contribution in [0.4, 0.5) is 4.39 Å². The lowest BCUT2D eigenvalue weighted by atomic mass is 10.0. The molecule has 1 aliphatic heterocycles. The molecular weight excluding hydrogens is 267 g/mol. The van der Waals surface area contributed by atoms with Crippen LogP contribution in [-0.4, -0.2) is 32.4 Å². The highest BCUT2D eigenvalue weighted by Gasteiger charge is 2.30. The average molecular weight is 286 g/mol. The van der Waals surface area contributed by atoms with Crippen LogP contribution in [0.2, 0.25) is 0 Å². The fourth-order valence-corrected chi connectivity index (χ4v) is 4.22. The van der Waals surface area contributed by atoms with E-state index in [2.05, 4.69) is 0 Å². The molecule has 0 aromatic heterocycles. The zero-order valence-electron chi connectivity index (χ0n) is 11.0. The number of hydrogen-bond acceptors (Lipinski definition) is 3. The maximum atomic E-state index is 13.3. The number of halogens is 1. The van der Waals surface area contributed by atoms with Gasteiger partial charge in [0, 0.05) is 13.1 Å². The van der Waals surface area contributed by atoms with Crippen LogP contribution in [0.1, 0.15) is 18.4 Å². The molecule has 2 rings (SSSR count). The lowest BCUT2D eigenvalue weighted by Crippen LogP contribution is -2.42. The second-order valence-corrected chi connectivity index (χ2v) is 6.92. The number of nitrogens with zero attached hydrogens (tertiary/aromatic N) is 1. The Kier molecular flexibility index (Phi) is 4.23. The van der Waals surface area contributed by atoms with Gasteiger partial charge in [0.2, 0.25) is 10.0 Å². The summed E-state index contributed by atoms with van der Waals surface area (Å²) in [7, 11) is -3.62. The summed E-state index contributed by atoms with van der Waals surface area (Å²) in [6, 6.07) is 3.86. The van der Waals surface area contributed by atoms with E-state index in [1.165, 1.54) is 16.4 Å². The molecule has 0 radical (unpaired) electrons. The molecule has 0 amide bonds. The smallest absolute Gasteiger partial charge is 0.243 e. The first kappa shape index (κ1) is 14.4. The molecule has 0 saturated carbocycles. The van der Waals surface area contributed by atoms with Crippen LogP contribution < -0.4 is 5.73 Å². The van der Waals surface area contributed by atoms with Crippen LogP contribution in [0.5, 0.6) is 0 Å². The lowest BCUT2D eigenvalue weighted by Gasteiger charge is -2.31. The Morgan fingerprint density at radius 3 is 2.89 bits per heavy atom. The van der Waals surface area contributed by atoms with Crippen LogP contribution in [0.3, 0.4) is 0 Å². The van der Waals surface area contributed by atoms with Crippen molar-refractivity contribution in [3.63, 3.8) is 0 Å². The SMILES string of the molecule is Cc1ccc(F)cc1S(=O)(=O)N1CCCC(CN)C1. The summed E-state index contributed by atoms with van der Waals surface area (Å²) < 4.78 is 39.8. The quantitative estimate of drug-likeness (QED) is 0.915. The average Bonchev–Trinajstić information content (AvgIpc) is 2.41. The minimum absolute atomic E-state index is 0.0603. The van der Waals surface area contributed by atoms with Crippen LogP contribution in [-0.2, 0) is 10.0 Å². The summed E-state index contributed by atoms with van der Waals surface area (Å²) in [4.78, 5) is 0.0603. The standard InChI is InChI=1S/C13H19FN2O2S/c1-10-4-5-12(14)7-13(10)19(17,18)16-6-2-3-11(8-15)9-16/h4-5,7,11H,2-3,6,8-9,15H2,1H3. The van der Waals surface area contributed by atoms with Gasteiger partial charge >= 0.3 is 0 Å². The van der Waals surface area contributed by atoms with Gasteiger partial charge in [0.1, 0.15) is 5.82 Å². The number of benzene rings is 1. The molecule has 2 N–H and O–H groups in total. The zero-order valence-corrected chi connectivity index (χ0v) is 11.8. The first-order valence-corrected chi connectivity index (χ1v) is 7.85. The van der Waals surface area contributed by atoms with E-state index in [9.17, 15) is 12.8 Å². The summed E-state index contributed by atoms with van der Waals surface area (Å²) in [6.45, 7) is 3.06. The highest BCUT2D eigenvalue weighted by atomic mass is 32.2. The van der Waals surface area contributed by atoms with Gasteiger partial charge in [-0.15, -0.1) is 0 Å². The largest absolute Gasteiger partial charge is 0.330 e. The lowest BCUT2D eigenvalue weighted by molar-refractivity contribution is 0.271. The van der Waals surface area contributed by atoms with Gasteiger partial charge in [-0.25, -0.2) is 12.8 Å². The molecule has 1 aliphatic rings. The highest BCUT2D eigenvalue weighted by Crippen LogP contribution is 2.25. The van der Waals surface area contributed by atoms with Crippen LogP contribution >= 0.6 is 0 Å². The van der Waals surface area contributed by atoms with Gasteiger partial charge in [0.05, 0.1) is 4.90 Å². The molecule has 1 unspecified atom stereocenters. The molecule has 6 heteroatoms. The third-order valence-corrected chi connectivity index (χ3v) is 5.59. The first-order valence-electron chi connectivity index (χ1n) is 6.41. The number of aryl methyl sites for hydroxylation is 1. The molecule has 1 aromatic rings. The Morgan fingerprint density at radius 1 is 1.47 bits per heavy atom. The van der Waals surface area contributed by atoms with Crippen molar-refractivity contribution in [1.29, 1.82) is 0 Å². The molecule has 1 saturated heterocycles. The van der Waals surface area contributed by atoms with Crippen molar-refractivity contribution in [2.24, 2.45) is 11.7 Å². The molecule has 1 aromatic carbocycles. The molecule has 0 bridgehead atoms. The van der Waals surface area contributed by atoms with E-state index in [1.54, 1.807) is 6.92 Å². The van der Waals surface area contributed by atoms with E-state index in [-0.39, 0.29) is 10.8 Å². The number of sulfonamides is 1. The number of piperidine rings is 1. The summed E-state index contributed by atoms with van der Waals surface area (Å²) in [6.07, 6.45) is 1.75. The van der Waals surface area contributed by atoms with E-state index >= 15 is 0 Å². The maximum absolute atomic E-state index is 13.3.